The average Bonchev–Trinajstić information content (AvgIpc) is 3.05. The highest BCUT2D eigenvalue weighted by Gasteiger charge is 2.24. The van der Waals surface area contributed by atoms with Crippen LogP contribution in [0, 0.1) is 11.7 Å². The van der Waals surface area contributed by atoms with E-state index in [4.69, 9.17) is 0 Å². The van der Waals surface area contributed by atoms with Crippen LogP contribution in [0.15, 0.2) is 24.3 Å². The second-order valence-electron chi connectivity index (χ2n) is 5.44. The highest BCUT2D eigenvalue weighted by molar-refractivity contribution is 5.18. The van der Waals surface area contributed by atoms with Crippen molar-refractivity contribution in [1.82, 2.24) is 5.32 Å². The Kier molecular flexibility index (Phi) is 4.16. The van der Waals surface area contributed by atoms with E-state index in [-0.39, 0.29) is 5.82 Å². The number of nitrogens with one attached hydrogen (secondary N) is 1. The summed E-state index contributed by atoms with van der Waals surface area (Å²) in [5.41, 5.74) is 0.811. The van der Waals surface area contributed by atoms with Crippen molar-refractivity contribution in [1.29, 1.82) is 0 Å². The molecule has 1 saturated carbocycles. The van der Waals surface area contributed by atoms with Crippen molar-refractivity contribution in [3.63, 3.8) is 0 Å². The molecule has 1 nitrogen and oxygen atoms in total. The van der Waals surface area contributed by atoms with Gasteiger partial charge in [0, 0.05) is 12.1 Å². The second-order valence-corrected chi connectivity index (χ2v) is 5.44. The van der Waals surface area contributed by atoms with Crippen LogP contribution in [0.25, 0.3) is 0 Å². The maximum Gasteiger partial charge on any atom is 0.126 e. The molecule has 0 bridgehead atoms. The van der Waals surface area contributed by atoms with Crippen LogP contribution in [-0.2, 0) is 6.42 Å². The highest BCUT2D eigenvalue weighted by Crippen LogP contribution is 2.33. The molecule has 0 heterocycles. The van der Waals surface area contributed by atoms with E-state index in [1.54, 1.807) is 6.07 Å². The molecule has 0 aromatic heterocycles. The summed E-state index contributed by atoms with van der Waals surface area (Å²) < 4.78 is 13.5. The molecule has 0 amide bonds. The molecule has 1 aromatic carbocycles. The fraction of sp³-hybridized carbons (Fsp3) is 0.600. The Morgan fingerprint density at radius 2 is 1.94 bits per heavy atom. The van der Waals surface area contributed by atoms with Crippen molar-refractivity contribution in [2.45, 2.75) is 51.6 Å². The molecule has 1 aliphatic carbocycles. The van der Waals surface area contributed by atoms with E-state index in [1.165, 1.54) is 25.3 Å². The van der Waals surface area contributed by atoms with E-state index in [0.29, 0.717) is 12.1 Å². The molecule has 1 aliphatic rings. The van der Waals surface area contributed by atoms with Crippen LogP contribution >= 0.6 is 0 Å². The van der Waals surface area contributed by atoms with Crippen molar-refractivity contribution in [3.8, 4) is 0 Å². The molecule has 0 spiro atoms. The summed E-state index contributed by atoms with van der Waals surface area (Å²) in [7, 11) is 0. The number of hydrogen-bond donors (Lipinski definition) is 1. The lowest BCUT2D eigenvalue weighted by Gasteiger charge is -2.20. The van der Waals surface area contributed by atoms with Crippen LogP contribution in [0.3, 0.4) is 0 Å². The van der Waals surface area contributed by atoms with Gasteiger partial charge in [-0.2, -0.15) is 0 Å². The van der Waals surface area contributed by atoms with Gasteiger partial charge in [-0.15, -0.1) is 0 Å². The van der Waals surface area contributed by atoms with E-state index in [9.17, 15) is 4.39 Å². The molecule has 2 atom stereocenters. The summed E-state index contributed by atoms with van der Waals surface area (Å²) >= 11 is 0. The van der Waals surface area contributed by atoms with Gasteiger partial charge in [-0.3, -0.25) is 0 Å². The van der Waals surface area contributed by atoms with Crippen LogP contribution < -0.4 is 5.32 Å². The molecule has 2 rings (SSSR count). The monoisotopic (exact) mass is 235 g/mol. The normalized spacial score (nSPS) is 19.0. The van der Waals surface area contributed by atoms with Crippen molar-refractivity contribution < 1.29 is 4.39 Å². The fourth-order valence-electron chi connectivity index (χ4n) is 2.46. The molecule has 17 heavy (non-hydrogen) atoms. The summed E-state index contributed by atoms with van der Waals surface area (Å²) in [4.78, 5) is 0. The summed E-state index contributed by atoms with van der Waals surface area (Å²) in [6.45, 7) is 4.37. The molecule has 0 aliphatic heterocycles. The smallest absolute Gasteiger partial charge is 0.126 e. The topological polar surface area (TPSA) is 12.0 Å². The molecule has 2 unspecified atom stereocenters. The predicted octanol–water partition coefficient (Wildman–Crippen LogP) is 3.53. The quantitative estimate of drug-likeness (QED) is 0.795. The lowest BCUT2D eigenvalue weighted by atomic mass is 10.0. The first kappa shape index (κ1) is 12.6. The lowest BCUT2D eigenvalue weighted by Crippen LogP contribution is -2.36. The van der Waals surface area contributed by atoms with E-state index >= 15 is 0 Å². The average molecular weight is 235 g/mol. The first-order valence-corrected chi connectivity index (χ1v) is 6.64. The van der Waals surface area contributed by atoms with Gasteiger partial charge in [-0.1, -0.05) is 31.0 Å². The van der Waals surface area contributed by atoms with Gasteiger partial charge in [-0.05, 0) is 44.2 Å². The van der Waals surface area contributed by atoms with Crippen LogP contribution in [0.5, 0.6) is 0 Å². The number of hydrogen-bond acceptors (Lipinski definition) is 1. The third-order valence-corrected chi connectivity index (χ3v) is 3.44. The first-order chi connectivity index (χ1) is 8.15. The maximum atomic E-state index is 13.5. The predicted molar refractivity (Wildman–Crippen MR) is 69.5 cm³/mol. The van der Waals surface area contributed by atoms with E-state index in [0.717, 1.165) is 17.9 Å². The van der Waals surface area contributed by atoms with Gasteiger partial charge in [0.1, 0.15) is 5.82 Å². The van der Waals surface area contributed by atoms with Gasteiger partial charge in [0.15, 0.2) is 0 Å². The van der Waals surface area contributed by atoms with Gasteiger partial charge >= 0.3 is 0 Å². The number of rotatable bonds is 6. The third-order valence-electron chi connectivity index (χ3n) is 3.44. The third kappa shape index (κ3) is 4.12. The van der Waals surface area contributed by atoms with E-state index < -0.39 is 0 Å². The van der Waals surface area contributed by atoms with Crippen molar-refractivity contribution in [3.05, 3.63) is 35.6 Å². The second kappa shape index (κ2) is 5.63. The highest BCUT2D eigenvalue weighted by atomic mass is 19.1. The fourth-order valence-corrected chi connectivity index (χ4v) is 2.46. The van der Waals surface area contributed by atoms with Crippen LogP contribution in [0.1, 0.15) is 38.7 Å². The standard InChI is InChI=1S/C15H22FN/c1-11(9-13-7-8-13)17-12(2)10-14-5-3-4-6-15(14)16/h3-6,11-13,17H,7-10H2,1-2H3. The number of halogens is 1. The molecular formula is C15H22FN. The number of benzene rings is 1. The van der Waals surface area contributed by atoms with Crippen molar-refractivity contribution in [2.24, 2.45) is 5.92 Å². The van der Waals surface area contributed by atoms with Crippen molar-refractivity contribution in [2.75, 3.05) is 0 Å². The van der Waals surface area contributed by atoms with E-state index in [2.05, 4.69) is 19.2 Å². The Hall–Kier alpha value is -0.890. The van der Waals surface area contributed by atoms with Gasteiger partial charge in [0.2, 0.25) is 0 Å². The largest absolute Gasteiger partial charge is 0.311 e. The Morgan fingerprint density at radius 3 is 2.59 bits per heavy atom. The first-order valence-electron chi connectivity index (χ1n) is 6.64. The molecule has 1 N–H and O–H groups in total. The minimum Gasteiger partial charge on any atom is -0.311 e. The minimum atomic E-state index is -0.0870. The molecule has 0 saturated heterocycles. The zero-order chi connectivity index (χ0) is 12.3. The maximum absolute atomic E-state index is 13.5. The molecule has 0 radical (unpaired) electrons. The zero-order valence-electron chi connectivity index (χ0n) is 10.7. The van der Waals surface area contributed by atoms with Crippen molar-refractivity contribution >= 4 is 0 Å². The Bertz CT molecular complexity index is 360. The van der Waals surface area contributed by atoms with Gasteiger partial charge < -0.3 is 5.32 Å². The summed E-state index contributed by atoms with van der Waals surface area (Å²) in [6, 6.07) is 7.94. The van der Waals surface area contributed by atoms with E-state index in [1.807, 2.05) is 12.1 Å². The van der Waals surface area contributed by atoms with Gasteiger partial charge in [-0.25, -0.2) is 4.39 Å². The SMILES string of the molecule is CC(Cc1ccccc1F)NC(C)CC1CC1. The van der Waals surface area contributed by atoms with Gasteiger partial charge in [0.05, 0.1) is 0 Å². The Labute approximate surface area is 103 Å². The van der Waals surface area contributed by atoms with Gasteiger partial charge in [0.25, 0.3) is 0 Å². The Morgan fingerprint density at radius 1 is 1.24 bits per heavy atom. The molecule has 1 aromatic rings. The molecule has 1 fully saturated rings. The Balaban J connectivity index is 1.79. The zero-order valence-corrected chi connectivity index (χ0v) is 10.7. The summed E-state index contributed by atoms with van der Waals surface area (Å²) in [5, 5.41) is 3.56. The van der Waals surface area contributed by atoms with Crippen LogP contribution in [-0.4, -0.2) is 12.1 Å². The summed E-state index contributed by atoms with van der Waals surface area (Å²) in [6.07, 6.45) is 4.82. The lowest BCUT2D eigenvalue weighted by molar-refractivity contribution is 0.424. The van der Waals surface area contributed by atoms with Crippen LogP contribution in [0.2, 0.25) is 0 Å². The summed E-state index contributed by atoms with van der Waals surface area (Å²) in [5.74, 6) is 0.856. The van der Waals surface area contributed by atoms with Crippen LogP contribution in [0.4, 0.5) is 4.39 Å². The minimum absolute atomic E-state index is 0.0870. The molecule has 2 heteroatoms. The molecular weight excluding hydrogens is 213 g/mol. The molecule has 94 valence electrons.